The first-order valence-corrected chi connectivity index (χ1v) is 4.73. The lowest BCUT2D eigenvalue weighted by Gasteiger charge is -2.10. The number of oxime groups is 1. The van der Waals surface area contributed by atoms with Crippen LogP contribution < -0.4 is 9.47 Å². The second kappa shape index (κ2) is 5.25. The van der Waals surface area contributed by atoms with Crippen molar-refractivity contribution < 1.29 is 19.8 Å². The van der Waals surface area contributed by atoms with Crippen LogP contribution in [0.4, 0.5) is 0 Å². The minimum atomic E-state index is -0.0349. The molecule has 2 N–H and O–H groups in total. The van der Waals surface area contributed by atoms with E-state index in [-0.39, 0.29) is 5.75 Å². The van der Waals surface area contributed by atoms with Crippen LogP contribution in [0.5, 0.6) is 17.2 Å². The van der Waals surface area contributed by atoms with Gasteiger partial charge in [0.05, 0.1) is 19.9 Å². The molecule has 0 spiro atoms. The van der Waals surface area contributed by atoms with Crippen molar-refractivity contribution in [3.05, 3.63) is 17.7 Å². The van der Waals surface area contributed by atoms with Gasteiger partial charge in [0.15, 0.2) is 11.5 Å². The Bertz CT molecular complexity index is 376. The van der Waals surface area contributed by atoms with Crippen molar-refractivity contribution in [2.45, 2.75) is 13.3 Å². The SMILES string of the molecule is COc1cc(C/C(C)=N/O)cc(OC)c1O. The highest BCUT2D eigenvalue weighted by Crippen LogP contribution is 2.37. The number of aromatic hydroxyl groups is 1. The minimum absolute atomic E-state index is 0.0349. The summed E-state index contributed by atoms with van der Waals surface area (Å²) < 4.78 is 10.0. The molecule has 0 saturated heterocycles. The molecule has 0 aliphatic carbocycles. The van der Waals surface area contributed by atoms with E-state index in [0.717, 1.165) is 5.56 Å². The molecule has 0 saturated carbocycles. The van der Waals surface area contributed by atoms with Crippen LogP contribution in [0.3, 0.4) is 0 Å². The Balaban J connectivity index is 3.11. The Labute approximate surface area is 93.9 Å². The maximum atomic E-state index is 9.67. The van der Waals surface area contributed by atoms with Gasteiger partial charge in [-0.3, -0.25) is 0 Å². The van der Waals surface area contributed by atoms with Crippen LogP contribution in [-0.2, 0) is 6.42 Å². The largest absolute Gasteiger partial charge is 0.502 e. The zero-order chi connectivity index (χ0) is 12.1. The maximum absolute atomic E-state index is 9.67. The Kier molecular flexibility index (Phi) is 3.99. The summed E-state index contributed by atoms with van der Waals surface area (Å²) in [5, 5.41) is 21.3. The van der Waals surface area contributed by atoms with Gasteiger partial charge in [-0.1, -0.05) is 5.16 Å². The molecular weight excluding hydrogens is 210 g/mol. The van der Waals surface area contributed by atoms with Crippen molar-refractivity contribution in [1.82, 2.24) is 0 Å². The standard InChI is InChI=1S/C11H15NO4/c1-7(12-14)4-8-5-9(15-2)11(13)10(6-8)16-3/h5-6,13-14H,4H2,1-3H3/b12-7+. The second-order valence-corrected chi connectivity index (χ2v) is 3.36. The van der Waals surface area contributed by atoms with Gasteiger partial charge >= 0.3 is 0 Å². The van der Waals surface area contributed by atoms with Crippen molar-refractivity contribution >= 4 is 5.71 Å². The number of hydrogen-bond acceptors (Lipinski definition) is 5. The predicted octanol–water partition coefficient (Wildman–Crippen LogP) is 1.80. The van der Waals surface area contributed by atoms with Gasteiger partial charge in [0, 0.05) is 6.42 Å². The topological polar surface area (TPSA) is 71.3 Å². The molecule has 0 unspecified atom stereocenters. The Morgan fingerprint density at radius 1 is 1.25 bits per heavy atom. The zero-order valence-electron chi connectivity index (χ0n) is 9.52. The highest BCUT2D eigenvalue weighted by molar-refractivity contribution is 5.83. The van der Waals surface area contributed by atoms with Gasteiger partial charge in [-0.25, -0.2) is 0 Å². The van der Waals surface area contributed by atoms with E-state index < -0.39 is 0 Å². The average Bonchev–Trinajstić information content (AvgIpc) is 2.30. The Hall–Kier alpha value is -1.91. The number of ether oxygens (including phenoxy) is 2. The maximum Gasteiger partial charge on any atom is 0.200 e. The molecule has 5 heteroatoms. The Morgan fingerprint density at radius 2 is 1.75 bits per heavy atom. The first-order chi connectivity index (χ1) is 7.62. The molecule has 0 aliphatic heterocycles. The number of benzene rings is 1. The van der Waals surface area contributed by atoms with E-state index in [1.54, 1.807) is 19.1 Å². The number of hydrogen-bond donors (Lipinski definition) is 2. The van der Waals surface area contributed by atoms with Gasteiger partial charge in [-0.05, 0) is 24.6 Å². The van der Waals surface area contributed by atoms with Gasteiger partial charge < -0.3 is 19.8 Å². The van der Waals surface area contributed by atoms with Crippen LogP contribution in [0.15, 0.2) is 17.3 Å². The van der Waals surface area contributed by atoms with Gasteiger partial charge in [-0.15, -0.1) is 0 Å². The third-order valence-electron chi connectivity index (χ3n) is 2.17. The fourth-order valence-electron chi connectivity index (χ4n) is 1.38. The molecular formula is C11H15NO4. The zero-order valence-corrected chi connectivity index (χ0v) is 9.52. The molecule has 0 aliphatic rings. The third kappa shape index (κ3) is 2.56. The fraction of sp³-hybridized carbons (Fsp3) is 0.364. The monoisotopic (exact) mass is 225 g/mol. The number of phenols is 1. The van der Waals surface area contributed by atoms with Gasteiger partial charge in [0.1, 0.15) is 0 Å². The van der Waals surface area contributed by atoms with Crippen molar-refractivity contribution in [3.63, 3.8) is 0 Å². The molecule has 0 aromatic heterocycles. The van der Waals surface area contributed by atoms with Gasteiger partial charge in [0.25, 0.3) is 0 Å². The summed E-state index contributed by atoms with van der Waals surface area (Å²) in [5.74, 6) is 0.632. The Morgan fingerprint density at radius 3 is 2.12 bits per heavy atom. The van der Waals surface area contributed by atoms with E-state index in [4.69, 9.17) is 14.7 Å². The van der Waals surface area contributed by atoms with E-state index >= 15 is 0 Å². The lowest BCUT2D eigenvalue weighted by atomic mass is 10.1. The fourth-order valence-corrected chi connectivity index (χ4v) is 1.38. The highest BCUT2D eigenvalue weighted by atomic mass is 16.5. The van der Waals surface area contributed by atoms with Crippen LogP contribution in [-0.4, -0.2) is 30.2 Å². The normalized spacial score (nSPS) is 11.3. The van der Waals surface area contributed by atoms with Crippen molar-refractivity contribution in [2.75, 3.05) is 14.2 Å². The molecule has 1 aromatic carbocycles. The molecule has 0 heterocycles. The molecule has 16 heavy (non-hydrogen) atoms. The lowest BCUT2D eigenvalue weighted by Crippen LogP contribution is -1.99. The summed E-state index contributed by atoms with van der Waals surface area (Å²) in [6.45, 7) is 1.70. The summed E-state index contributed by atoms with van der Waals surface area (Å²) in [6, 6.07) is 3.35. The molecule has 0 fully saturated rings. The number of nitrogens with zero attached hydrogens (tertiary/aromatic N) is 1. The van der Waals surface area contributed by atoms with E-state index in [1.165, 1.54) is 14.2 Å². The number of phenolic OH excluding ortho intramolecular Hbond substituents is 1. The first-order valence-electron chi connectivity index (χ1n) is 4.73. The molecule has 0 bridgehead atoms. The average molecular weight is 225 g/mol. The van der Waals surface area contributed by atoms with Crippen LogP contribution >= 0.6 is 0 Å². The predicted molar refractivity (Wildman–Crippen MR) is 59.8 cm³/mol. The smallest absolute Gasteiger partial charge is 0.200 e. The molecule has 0 atom stereocenters. The lowest BCUT2D eigenvalue weighted by molar-refractivity contribution is 0.317. The summed E-state index contributed by atoms with van der Waals surface area (Å²) in [5.41, 5.74) is 1.40. The van der Waals surface area contributed by atoms with Crippen molar-refractivity contribution in [2.24, 2.45) is 5.16 Å². The van der Waals surface area contributed by atoms with E-state index in [2.05, 4.69) is 5.16 Å². The minimum Gasteiger partial charge on any atom is -0.502 e. The van der Waals surface area contributed by atoms with E-state index in [9.17, 15) is 5.11 Å². The van der Waals surface area contributed by atoms with E-state index in [1.807, 2.05) is 0 Å². The van der Waals surface area contributed by atoms with Crippen molar-refractivity contribution in [1.29, 1.82) is 0 Å². The van der Waals surface area contributed by atoms with Crippen LogP contribution in [0.25, 0.3) is 0 Å². The van der Waals surface area contributed by atoms with Crippen LogP contribution in [0.2, 0.25) is 0 Å². The first kappa shape index (κ1) is 12.2. The third-order valence-corrected chi connectivity index (χ3v) is 2.17. The molecule has 0 radical (unpaired) electrons. The second-order valence-electron chi connectivity index (χ2n) is 3.36. The summed E-state index contributed by atoms with van der Waals surface area (Å²) >= 11 is 0. The molecule has 88 valence electrons. The molecule has 0 amide bonds. The quantitative estimate of drug-likeness (QED) is 0.465. The summed E-state index contributed by atoms with van der Waals surface area (Å²) in [7, 11) is 2.93. The van der Waals surface area contributed by atoms with Gasteiger partial charge in [0.2, 0.25) is 5.75 Å². The van der Waals surface area contributed by atoms with Crippen LogP contribution in [0.1, 0.15) is 12.5 Å². The molecule has 1 aromatic rings. The number of methoxy groups -OCH3 is 2. The highest BCUT2D eigenvalue weighted by Gasteiger charge is 2.11. The molecule has 5 nitrogen and oxygen atoms in total. The van der Waals surface area contributed by atoms with Crippen molar-refractivity contribution in [3.8, 4) is 17.2 Å². The van der Waals surface area contributed by atoms with Crippen LogP contribution in [0, 0.1) is 0 Å². The van der Waals surface area contributed by atoms with Gasteiger partial charge in [-0.2, -0.15) is 0 Å². The summed E-state index contributed by atoms with van der Waals surface area (Å²) in [6.07, 6.45) is 0.462. The summed E-state index contributed by atoms with van der Waals surface area (Å²) in [4.78, 5) is 0. The van der Waals surface area contributed by atoms with E-state index in [0.29, 0.717) is 23.6 Å². The number of rotatable bonds is 4. The molecule has 1 rings (SSSR count).